The summed E-state index contributed by atoms with van der Waals surface area (Å²) >= 11 is 12.3. The maximum absolute atomic E-state index is 15.2. The van der Waals surface area contributed by atoms with Gasteiger partial charge in [0.15, 0.2) is 16.8 Å². The molecule has 0 spiro atoms. The molecule has 14 heteroatoms. The minimum atomic E-state index is -0.892. The number of rotatable bonds is 4. The van der Waals surface area contributed by atoms with Gasteiger partial charge in [-0.3, -0.25) is 4.79 Å². The van der Waals surface area contributed by atoms with Gasteiger partial charge in [-0.15, -0.1) is 5.10 Å². The van der Waals surface area contributed by atoms with Gasteiger partial charge >= 0.3 is 0 Å². The Labute approximate surface area is 238 Å². The van der Waals surface area contributed by atoms with Crippen LogP contribution in [-0.2, 0) is 0 Å². The largest absolute Gasteiger partial charge is 0.380 e. The van der Waals surface area contributed by atoms with E-state index in [9.17, 15) is 4.79 Å². The molecule has 1 fully saturated rings. The third kappa shape index (κ3) is 3.57. The molecule has 1 saturated carbocycles. The molecule has 8 rings (SSSR count). The van der Waals surface area contributed by atoms with Crippen molar-refractivity contribution in [2.75, 3.05) is 5.73 Å². The normalized spacial score (nSPS) is 19.1. The molecule has 3 N–H and O–H groups in total. The fourth-order valence-corrected chi connectivity index (χ4v) is 6.23. The number of hydrogen-bond donors (Lipinski definition) is 2. The van der Waals surface area contributed by atoms with Gasteiger partial charge in [-0.1, -0.05) is 33.6 Å². The van der Waals surface area contributed by atoms with Crippen LogP contribution in [0.3, 0.4) is 0 Å². The molecule has 204 valence electrons. The average Bonchev–Trinajstić information content (AvgIpc) is 3.21. The van der Waals surface area contributed by atoms with Crippen LogP contribution in [0.15, 0.2) is 58.0 Å². The van der Waals surface area contributed by atoms with Crippen LogP contribution in [0.1, 0.15) is 29.9 Å². The lowest BCUT2D eigenvalue weighted by molar-refractivity contribution is 0.444. The van der Waals surface area contributed by atoms with Crippen LogP contribution in [-0.4, -0.2) is 34.7 Å². The summed E-state index contributed by atoms with van der Waals surface area (Å²) in [5, 5.41) is 12.5. The molecule has 10 nitrogen and oxygen atoms in total. The molecule has 3 unspecified atom stereocenters. The number of nitrogen functional groups attached to an aromatic ring is 1. The first-order valence-electron chi connectivity index (χ1n) is 12.5. The first kappa shape index (κ1) is 24.3. The van der Waals surface area contributed by atoms with Gasteiger partial charge in [0.25, 0.3) is 5.56 Å². The molecule has 1 aliphatic carbocycles. The van der Waals surface area contributed by atoms with E-state index in [1.165, 1.54) is 22.9 Å². The molecule has 41 heavy (non-hydrogen) atoms. The number of nitrogens with two attached hydrogens (primary N) is 1. The predicted octanol–water partition coefficient (Wildman–Crippen LogP) is 5.50. The first-order chi connectivity index (χ1) is 19.8. The summed E-state index contributed by atoms with van der Waals surface area (Å²) in [7, 11) is 0. The van der Waals surface area contributed by atoms with Crippen molar-refractivity contribution in [2.24, 2.45) is 5.92 Å². The standard InChI is InChI=1S/C27H16Cl2F2N8O2/c28-11-1-4-17(38-9-19(29)35-37-38)14(7-11)10-5-18-15-8-16(15)23(39(18)20(40)6-10)27-33-22(25(31)34-27)12-2-3-13-24(21(12)30)41-36-26(13)32/h1-7,9,15-16,23H,8H2,(H2,32,36)(H,33,34). The van der Waals surface area contributed by atoms with Crippen molar-refractivity contribution in [1.29, 1.82) is 0 Å². The first-order valence-corrected chi connectivity index (χ1v) is 13.3. The highest BCUT2D eigenvalue weighted by Crippen LogP contribution is 2.60. The Balaban J connectivity index is 1.22. The summed E-state index contributed by atoms with van der Waals surface area (Å²) in [6.45, 7) is 0. The number of halogens is 4. The molecule has 2 aliphatic rings. The van der Waals surface area contributed by atoms with E-state index in [0.717, 1.165) is 12.1 Å². The van der Waals surface area contributed by atoms with Crippen molar-refractivity contribution >= 4 is 40.0 Å². The van der Waals surface area contributed by atoms with E-state index in [4.69, 9.17) is 33.5 Å². The lowest BCUT2D eigenvalue weighted by Crippen LogP contribution is -2.26. The van der Waals surface area contributed by atoms with Crippen LogP contribution in [0.25, 0.3) is 39.0 Å². The van der Waals surface area contributed by atoms with Crippen LogP contribution in [0, 0.1) is 17.7 Å². The second-order valence-corrected chi connectivity index (χ2v) is 11.0. The zero-order chi connectivity index (χ0) is 28.2. The van der Waals surface area contributed by atoms with E-state index in [1.807, 2.05) is 6.07 Å². The Morgan fingerprint density at radius 3 is 2.76 bits per heavy atom. The van der Waals surface area contributed by atoms with E-state index < -0.39 is 17.8 Å². The summed E-state index contributed by atoms with van der Waals surface area (Å²) in [6, 6.07) is 11.0. The molecule has 0 radical (unpaired) electrons. The highest BCUT2D eigenvalue weighted by Gasteiger charge is 2.54. The number of benzene rings is 2. The minimum absolute atomic E-state index is 0.0331. The third-order valence-corrected chi connectivity index (χ3v) is 8.23. The Morgan fingerprint density at radius 2 is 1.95 bits per heavy atom. The number of anilines is 1. The molecule has 0 saturated heterocycles. The number of pyridine rings is 1. The van der Waals surface area contributed by atoms with E-state index in [0.29, 0.717) is 21.8 Å². The van der Waals surface area contributed by atoms with Gasteiger partial charge in [0.2, 0.25) is 11.5 Å². The van der Waals surface area contributed by atoms with Gasteiger partial charge in [0.1, 0.15) is 11.5 Å². The lowest BCUT2D eigenvalue weighted by Gasteiger charge is -2.17. The molecule has 4 aromatic heterocycles. The summed E-state index contributed by atoms with van der Waals surface area (Å²) in [4.78, 5) is 20.6. The van der Waals surface area contributed by atoms with Gasteiger partial charge in [-0.05, 0) is 54.3 Å². The Hall–Kier alpha value is -4.55. The highest BCUT2D eigenvalue weighted by molar-refractivity contribution is 6.31. The Kier molecular flexibility index (Phi) is 5.02. The molecule has 1 aliphatic heterocycles. The van der Waals surface area contributed by atoms with Crippen LogP contribution in [0.2, 0.25) is 10.2 Å². The predicted molar refractivity (Wildman–Crippen MR) is 146 cm³/mol. The second kappa shape index (κ2) is 8.48. The SMILES string of the molecule is Nc1noc2c(F)c(-c3[nH]c(C4C5CC5c5cc(-c6cc(Cl)ccc6-n6cc(Cl)nn6)cc(=O)n54)nc3F)ccc12. The lowest BCUT2D eigenvalue weighted by atomic mass is 10.0. The van der Waals surface area contributed by atoms with Gasteiger partial charge in [-0.25, -0.2) is 14.1 Å². The molecule has 5 heterocycles. The van der Waals surface area contributed by atoms with Crippen LogP contribution in [0.5, 0.6) is 0 Å². The van der Waals surface area contributed by atoms with Crippen LogP contribution >= 0.6 is 23.2 Å². The van der Waals surface area contributed by atoms with Crippen LogP contribution in [0.4, 0.5) is 14.6 Å². The third-order valence-electron chi connectivity index (χ3n) is 7.82. The number of hydrogen-bond acceptors (Lipinski definition) is 7. The van der Waals surface area contributed by atoms with E-state index in [-0.39, 0.29) is 56.4 Å². The zero-order valence-electron chi connectivity index (χ0n) is 20.6. The van der Waals surface area contributed by atoms with Gasteiger partial charge in [0.05, 0.1) is 23.3 Å². The fraction of sp³-hybridized carbons (Fsp3) is 0.148. The topological polar surface area (TPSA) is 133 Å². The number of nitrogens with zero attached hydrogens (tertiary/aromatic N) is 6. The highest BCUT2D eigenvalue weighted by atomic mass is 35.5. The maximum Gasteiger partial charge on any atom is 0.252 e. The molecule has 0 bridgehead atoms. The number of aromatic nitrogens is 7. The zero-order valence-corrected chi connectivity index (χ0v) is 22.2. The minimum Gasteiger partial charge on any atom is -0.380 e. The van der Waals surface area contributed by atoms with Crippen molar-refractivity contribution in [1.82, 2.24) is 34.7 Å². The van der Waals surface area contributed by atoms with Crippen molar-refractivity contribution in [3.05, 3.63) is 92.5 Å². The number of fused-ring (bicyclic) bond motifs is 4. The second-order valence-electron chi connectivity index (χ2n) is 10.1. The average molecular weight is 593 g/mol. The van der Waals surface area contributed by atoms with E-state index >= 15 is 8.78 Å². The van der Waals surface area contributed by atoms with E-state index in [1.54, 1.807) is 29.0 Å². The van der Waals surface area contributed by atoms with Gasteiger partial charge < -0.3 is 19.8 Å². The molecule has 6 aromatic rings. The van der Waals surface area contributed by atoms with Crippen molar-refractivity contribution < 1.29 is 13.3 Å². The van der Waals surface area contributed by atoms with Crippen molar-refractivity contribution in [2.45, 2.75) is 18.4 Å². The molecule has 2 aromatic carbocycles. The van der Waals surface area contributed by atoms with Gasteiger partial charge in [-0.2, -0.15) is 4.39 Å². The van der Waals surface area contributed by atoms with Crippen LogP contribution < -0.4 is 11.3 Å². The quantitative estimate of drug-likeness (QED) is 0.276. The molecule has 0 amide bonds. The Bertz CT molecular complexity index is 2120. The summed E-state index contributed by atoms with van der Waals surface area (Å²) in [5.41, 5.74) is 7.76. The van der Waals surface area contributed by atoms with Crippen molar-refractivity contribution in [3.8, 4) is 28.1 Å². The number of aromatic amines is 1. The summed E-state index contributed by atoms with van der Waals surface area (Å²) in [6.07, 6.45) is 2.35. The molecular weight excluding hydrogens is 577 g/mol. The number of H-pyrrole nitrogens is 1. The maximum atomic E-state index is 15.2. The summed E-state index contributed by atoms with van der Waals surface area (Å²) in [5.74, 6) is -1.33. The fourth-order valence-electron chi connectivity index (χ4n) is 5.93. The smallest absolute Gasteiger partial charge is 0.252 e. The van der Waals surface area contributed by atoms with E-state index in [2.05, 4.69) is 25.4 Å². The number of nitrogens with one attached hydrogen (secondary N) is 1. The molecule has 3 atom stereocenters. The molecular formula is C27H16Cl2F2N8O2. The number of imidazole rings is 1. The van der Waals surface area contributed by atoms with Crippen molar-refractivity contribution in [3.63, 3.8) is 0 Å². The van der Waals surface area contributed by atoms with Gasteiger partial charge in [0, 0.05) is 33.8 Å². The Morgan fingerprint density at radius 1 is 1.10 bits per heavy atom. The monoisotopic (exact) mass is 592 g/mol. The summed E-state index contributed by atoms with van der Waals surface area (Å²) < 4.78 is 38.5.